The van der Waals surface area contributed by atoms with Crippen molar-refractivity contribution in [3.8, 4) is 5.75 Å². The molecule has 0 saturated heterocycles. The van der Waals surface area contributed by atoms with Gasteiger partial charge in [-0.05, 0) is 24.1 Å². The van der Waals surface area contributed by atoms with Crippen molar-refractivity contribution in [3.63, 3.8) is 0 Å². The van der Waals surface area contributed by atoms with Gasteiger partial charge in [0, 0.05) is 18.1 Å². The van der Waals surface area contributed by atoms with Crippen molar-refractivity contribution in [2.24, 2.45) is 0 Å². The van der Waals surface area contributed by atoms with Gasteiger partial charge in [0.2, 0.25) is 0 Å². The largest absolute Gasteiger partial charge is 0.508 e. The van der Waals surface area contributed by atoms with Gasteiger partial charge in [0.15, 0.2) is 5.13 Å². The normalized spacial score (nSPS) is 10.0. The zero-order chi connectivity index (χ0) is 14.4. The molecule has 7 heteroatoms. The van der Waals surface area contributed by atoms with Crippen LogP contribution in [0.2, 0.25) is 0 Å². The predicted molar refractivity (Wildman–Crippen MR) is 75.6 cm³/mol. The van der Waals surface area contributed by atoms with E-state index in [-0.39, 0.29) is 5.75 Å². The topological polar surface area (TPSA) is 91.3 Å². The molecule has 1 aromatic carbocycles. The van der Waals surface area contributed by atoms with E-state index in [4.69, 9.17) is 5.11 Å². The number of nitrogens with zero attached hydrogens (tertiary/aromatic N) is 1. The fraction of sp³-hybridized carbons (Fsp3) is 0.154. The summed E-state index contributed by atoms with van der Waals surface area (Å²) in [4.78, 5) is 26.9. The van der Waals surface area contributed by atoms with Gasteiger partial charge < -0.3 is 10.4 Å². The number of carbonyl (C=O) groups excluding carboxylic acids is 2. The first-order valence-corrected chi connectivity index (χ1v) is 6.79. The minimum atomic E-state index is -0.731. The molecule has 0 spiro atoms. The molecule has 2 amide bonds. The van der Waals surface area contributed by atoms with Gasteiger partial charge in [0.1, 0.15) is 5.75 Å². The number of phenolic OH excluding ortho intramolecular Hbond substituents is 1. The summed E-state index contributed by atoms with van der Waals surface area (Å²) in [6, 6.07) is 6.67. The lowest BCUT2D eigenvalue weighted by molar-refractivity contribution is -0.136. The predicted octanol–water partition coefficient (Wildman–Crippen LogP) is 1.15. The molecule has 0 atom stereocenters. The number of carbonyl (C=O) groups is 2. The molecule has 0 bridgehead atoms. The third-order valence-corrected chi connectivity index (χ3v) is 3.18. The number of rotatable bonds is 4. The van der Waals surface area contributed by atoms with Crippen LogP contribution in [0.25, 0.3) is 0 Å². The summed E-state index contributed by atoms with van der Waals surface area (Å²) >= 11 is 1.24. The number of aromatic hydroxyl groups is 1. The van der Waals surface area contributed by atoms with E-state index in [1.54, 1.807) is 35.8 Å². The Labute approximate surface area is 119 Å². The second kappa shape index (κ2) is 6.67. The third-order valence-electron chi connectivity index (χ3n) is 2.49. The number of phenols is 1. The fourth-order valence-electron chi connectivity index (χ4n) is 1.50. The zero-order valence-corrected chi connectivity index (χ0v) is 11.3. The second-order valence-electron chi connectivity index (χ2n) is 3.96. The Morgan fingerprint density at radius 3 is 2.60 bits per heavy atom. The van der Waals surface area contributed by atoms with Gasteiger partial charge in [0.05, 0.1) is 0 Å². The minimum Gasteiger partial charge on any atom is -0.508 e. The van der Waals surface area contributed by atoms with E-state index < -0.39 is 11.8 Å². The summed E-state index contributed by atoms with van der Waals surface area (Å²) in [6.07, 6.45) is 2.12. The standard InChI is InChI=1S/C13H13N3O3S/c17-10-3-1-9(2-4-10)5-6-14-11(18)12(19)16-13-15-7-8-20-13/h1-4,7-8,17H,5-6H2,(H,14,18)(H,15,16,19). The quantitative estimate of drug-likeness (QED) is 0.737. The van der Waals surface area contributed by atoms with Gasteiger partial charge in [0.25, 0.3) is 0 Å². The number of hydrogen-bond donors (Lipinski definition) is 3. The van der Waals surface area contributed by atoms with Gasteiger partial charge >= 0.3 is 11.8 Å². The van der Waals surface area contributed by atoms with E-state index in [1.165, 1.54) is 11.3 Å². The van der Waals surface area contributed by atoms with Crippen LogP contribution in [0.4, 0.5) is 5.13 Å². The smallest absolute Gasteiger partial charge is 0.315 e. The Bertz CT molecular complexity index is 581. The van der Waals surface area contributed by atoms with E-state index in [0.29, 0.717) is 18.1 Å². The Balaban J connectivity index is 1.74. The number of amides is 2. The molecule has 3 N–H and O–H groups in total. The third kappa shape index (κ3) is 4.06. The van der Waals surface area contributed by atoms with Crippen molar-refractivity contribution in [1.82, 2.24) is 10.3 Å². The highest BCUT2D eigenvalue weighted by Crippen LogP contribution is 2.10. The number of aromatic nitrogens is 1. The lowest BCUT2D eigenvalue weighted by atomic mass is 10.1. The maximum absolute atomic E-state index is 11.5. The molecular formula is C13H13N3O3S. The maximum Gasteiger partial charge on any atom is 0.315 e. The van der Waals surface area contributed by atoms with Crippen LogP contribution >= 0.6 is 11.3 Å². The molecule has 6 nitrogen and oxygen atoms in total. The molecule has 0 aliphatic rings. The summed E-state index contributed by atoms with van der Waals surface area (Å²) in [5.74, 6) is -1.23. The Kier molecular flexibility index (Phi) is 4.67. The molecular weight excluding hydrogens is 278 g/mol. The molecule has 0 fully saturated rings. The molecule has 2 aromatic rings. The highest BCUT2D eigenvalue weighted by Gasteiger charge is 2.13. The van der Waals surface area contributed by atoms with E-state index in [0.717, 1.165) is 5.56 Å². The number of anilines is 1. The van der Waals surface area contributed by atoms with Gasteiger partial charge in [-0.25, -0.2) is 4.98 Å². The molecule has 1 aromatic heterocycles. The van der Waals surface area contributed by atoms with Crippen LogP contribution in [0.15, 0.2) is 35.8 Å². The van der Waals surface area contributed by atoms with Crippen molar-refractivity contribution < 1.29 is 14.7 Å². The highest BCUT2D eigenvalue weighted by molar-refractivity contribution is 7.13. The van der Waals surface area contributed by atoms with Crippen molar-refractivity contribution in [3.05, 3.63) is 41.4 Å². The van der Waals surface area contributed by atoms with Crippen LogP contribution < -0.4 is 10.6 Å². The molecule has 0 saturated carbocycles. The lowest BCUT2D eigenvalue weighted by Crippen LogP contribution is -2.36. The van der Waals surface area contributed by atoms with Crippen LogP contribution in [0.5, 0.6) is 5.75 Å². The molecule has 0 aliphatic heterocycles. The van der Waals surface area contributed by atoms with E-state index in [1.807, 2.05) is 0 Å². The first-order chi connectivity index (χ1) is 9.65. The average Bonchev–Trinajstić information content (AvgIpc) is 2.93. The first-order valence-electron chi connectivity index (χ1n) is 5.92. The van der Waals surface area contributed by atoms with Gasteiger partial charge in [-0.2, -0.15) is 0 Å². The molecule has 0 aliphatic carbocycles. The van der Waals surface area contributed by atoms with E-state index in [9.17, 15) is 9.59 Å². The summed E-state index contributed by atoms with van der Waals surface area (Å²) in [6.45, 7) is 0.342. The lowest BCUT2D eigenvalue weighted by Gasteiger charge is -2.05. The fourth-order valence-corrected chi connectivity index (χ4v) is 2.03. The molecule has 104 valence electrons. The van der Waals surface area contributed by atoms with Crippen LogP contribution in [-0.4, -0.2) is 28.4 Å². The van der Waals surface area contributed by atoms with Crippen LogP contribution in [0.3, 0.4) is 0 Å². The van der Waals surface area contributed by atoms with Crippen LogP contribution in [-0.2, 0) is 16.0 Å². The number of thiazole rings is 1. The van der Waals surface area contributed by atoms with Crippen LogP contribution in [0, 0.1) is 0 Å². The molecule has 20 heavy (non-hydrogen) atoms. The molecule has 1 heterocycles. The van der Waals surface area contributed by atoms with Gasteiger partial charge in [-0.1, -0.05) is 12.1 Å². The number of benzene rings is 1. The van der Waals surface area contributed by atoms with Crippen molar-refractivity contribution in [2.45, 2.75) is 6.42 Å². The monoisotopic (exact) mass is 291 g/mol. The second-order valence-corrected chi connectivity index (χ2v) is 4.86. The molecule has 0 radical (unpaired) electrons. The Hall–Kier alpha value is -2.41. The Morgan fingerprint density at radius 1 is 1.20 bits per heavy atom. The SMILES string of the molecule is O=C(NCCc1ccc(O)cc1)C(=O)Nc1nccs1. The maximum atomic E-state index is 11.5. The van der Waals surface area contributed by atoms with Crippen molar-refractivity contribution in [2.75, 3.05) is 11.9 Å². The summed E-state index contributed by atoms with van der Waals surface area (Å²) in [5, 5.41) is 16.2. The first kappa shape index (κ1) is 14.0. The molecule has 2 rings (SSSR count). The average molecular weight is 291 g/mol. The van der Waals surface area contributed by atoms with E-state index in [2.05, 4.69) is 15.6 Å². The number of nitrogens with one attached hydrogen (secondary N) is 2. The minimum absolute atomic E-state index is 0.195. The van der Waals surface area contributed by atoms with Crippen LogP contribution in [0.1, 0.15) is 5.56 Å². The van der Waals surface area contributed by atoms with E-state index >= 15 is 0 Å². The van der Waals surface area contributed by atoms with Crippen molar-refractivity contribution >= 4 is 28.3 Å². The van der Waals surface area contributed by atoms with Crippen molar-refractivity contribution in [1.29, 1.82) is 0 Å². The molecule has 0 unspecified atom stereocenters. The Morgan fingerprint density at radius 2 is 1.95 bits per heavy atom. The number of hydrogen-bond acceptors (Lipinski definition) is 5. The zero-order valence-electron chi connectivity index (χ0n) is 10.5. The summed E-state index contributed by atoms with van der Waals surface area (Å²) in [7, 11) is 0. The highest BCUT2D eigenvalue weighted by atomic mass is 32.1. The summed E-state index contributed by atoms with van der Waals surface area (Å²) < 4.78 is 0. The van der Waals surface area contributed by atoms with Gasteiger partial charge in [-0.15, -0.1) is 11.3 Å². The van der Waals surface area contributed by atoms with Gasteiger partial charge in [-0.3, -0.25) is 14.9 Å². The summed E-state index contributed by atoms with van der Waals surface area (Å²) in [5.41, 5.74) is 0.962.